The standard InChI is InChI=1S/C18H24N2O/c1-13-6-5-7-17(21)20(13)12-16(19)14-8-10-15(11-9-14)18(2,3)4/h5-11,16H,12,19H2,1-4H3. The largest absolute Gasteiger partial charge is 0.322 e. The molecule has 0 spiro atoms. The number of benzene rings is 1. The highest BCUT2D eigenvalue weighted by atomic mass is 16.1. The first kappa shape index (κ1) is 15.5. The Balaban J connectivity index is 2.21. The molecule has 1 heterocycles. The maximum absolute atomic E-state index is 11.9. The molecule has 2 rings (SSSR count). The predicted octanol–water partition coefficient (Wildman–Crippen LogP) is 3.15. The summed E-state index contributed by atoms with van der Waals surface area (Å²) in [4.78, 5) is 11.9. The third-order valence-electron chi connectivity index (χ3n) is 3.85. The van der Waals surface area contributed by atoms with Crippen LogP contribution in [0.15, 0.2) is 47.3 Å². The number of nitrogens with zero attached hydrogens (tertiary/aromatic N) is 1. The van der Waals surface area contributed by atoms with Crippen molar-refractivity contribution in [1.82, 2.24) is 4.57 Å². The van der Waals surface area contributed by atoms with Crippen molar-refractivity contribution in [2.75, 3.05) is 0 Å². The SMILES string of the molecule is Cc1cccc(=O)n1CC(N)c1ccc(C(C)(C)C)cc1. The second-order valence-electron chi connectivity index (χ2n) is 6.59. The molecule has 2 aromatic rings. The van der Waals surface area contributed by atoms with Gasteiger partial charge in [0, 0.05) is 24.3 Å². The summed E-state index contributed by atoms with van der Waals surface area (Å²) in [5, 5.41) is 0. The van der Waals surface area contributed by atoms with E-state index < -0.39 is 0 Å². The summed E-state index contributed by atoms with van der Waals surface area (Å²) >= 11 is 0. The highest BCUT2D eigenvalue weighted by Gasteiger charge is 2.14. The summed E-state index contributed by atoms with van der Waals surface area (Å²) in [6, 6.07) is 13.5. The molecule has 3 nitrogen and oxygen atoms in total. The van der Waals surface area contributed by atoms with Crippen LogP contribution < -0.4 is 11.3 Å². The van der Waals surface area contributed by atoms with E-state index in [4.69, 9.17) is 5.73 Å². The van der Waals surface area contributed by atoms with Crippen molar-refractivity contribution in [3.05, 3.63) is 69.6 Å². The fraction of sp³-hybridized carbons (Fsp3) is 0.389. The fourth-order valence-corrected chi connectivity index (χ4v) is 2.39. The molecule has 1 unspecified atom stereocenters. The van der Waals surface area contributed by atoms with E-state index in [0.717, 1.165) is 11.3 Å². The minimum Gasteiger partial charge on any atom is -0.322 e. The molecule has 2 N–H and O–H groups in total. The molecule has 1 aromatic carbocycles. The Morgan fingerprint density at radius 2 is 1.71 bits per heavy atom. The zero-order chi connectivity index (χ0) is 15.6. The molecule has 0 saturated carbocycles. The van der Waals surface area contributed by atoms with Gasteiger partial charge in [-0.3, -0.25) is 4.79 Å². The first-order valence-electron chi connectivity index (χ1n) is 7.31. The number of nitrogens with two attached hydrogens (primary N) is 1. The Labute approximate surface area is 126 Å². The zero-order valence-electron chi connectivity index (χ0n) is 13.3. The van der Waals surface area contributed by atoms with Crippen LogP contribution in [0.25, 0.3) is 0 Å². The number of pyridine rings is 1. The van der Waals surface area contributed by atoms with Crippen molar-refractivity contribution >= 4 is 0 Å². The zero-order valence-corrected chi connectivity index (χ0v) is 13.3. The minimum atomic E-state index is -0.183. The first-order valence-corrected chi connectivity index (χ1v) is 7.31. The average Bonchev–Trinajstić information content (AvgIpc) is 2.42. The van der Waals surface area contributed by atoms with E-state index in [9.17, 15) is 4.79 Å². The molecule has 1 atom stereocenters. The molecule has 0 aliphatic heterocycles. The lowest BCUT2D eigenvalue weighted by atomic mass is 9.86. The van der Waals surface area contributed by atoms with E-state index in [1.165, 1.54) is 5.56 Å². The number of aromatic nitrogens is 1. The van der Waals surface area contributed by atoms with Gasteiger partial charge in [0.05, 0.1) is 0 Å². The molecule has 0 fully saturated rings. The number of hydrogen-bond donors (Lipinski definition) is 1. The number of hydrogen-bond acceptors (Lipinski definition) is 2. The van der Waals surface area contributed by atoms with E-state index in [1.54, 1.807) is 16.7 Å². The highest BCUT2D eigenvalue weighted by molar-refractivity contribution is 5.29. The van der Waals surface area contributed by atoms with Gasteiger partial charge < -0.3 is 10.3 Å². The van der Waals surface area contributed by atoms with E-state index in [0.29, 0.717) is 6.54 Å². The summed E-state index contributed by atoms with van der Waals surface area (Å²) in [6.07, 6.45) is 0. The Hall–Kier alpha value is -1.87. The van der Waals surface area contributed by atoms with Gasteiger partial charge in [-0.05, 0) is 29.5 Å². The second-order valence-corrected chi connectivity index (χ2v) is 6.59. The van der Waals surface area contributed by atoms with Gasteiger partial charge in [-0.2, -0.15) is 0 Å². The Morgan fingerprint density at radius 1 is 1.10 bits per heavy atom. The predicted molar refractivity (Wildman–Crippen MR) is 87.5 cm³/mol. The normalized spacial score (nSPS) is 13.2. The van der Waals surface area contributed by atoms with Crippen LogP contribution in [0.3, 0.4) is 0 Å². The lowest BCUT2D eigenvalue weighted by Gasteiger charge is -2.21. The van der Waals surface area contributed by atoms with Crippen LogP contribution >= 0.6 is 0 Å². The molecule has 0 amide bonds. The van der Waals surface area contributed by atoms with Gasteiger partial charge in [0.15, 0.2) is 0 Å². The van der Waals surface area contributed by atoms with Gasteiger partial charge >= 0.3 is 0 Å². The number of aryl methyl sites for hydroxylation is 1. The molecule has 3 heteroatoms. The first-order chi connectivity index (χ1) is 9.79. The molecule has 0 saturated heterocycles. The van der Waals surface area contributed by atoms with Crippen LogP contribution in [0.1, 0.15) is 43.6 Å². The van der Waals surface area contributed by atoms with Crippen molar-refractivity contribution in [2.24, 2.45) is 5.73 Å². The lowest BCUT2D eigenvalue weighted by Crippen LogP contribution is -2.27. The van der Waals surface area contributed by atoms with Crippen molar-refractivity contribution in [1.29, 1.82) is 0 Å². The third kappa shape index (κ3) is 3.61. The smallest absolute Gasteiger partial charge is 0.250 e. The third-order valence-corrected chi connectivity index (χ3v) is 3.85. The molecule has 0 aliphatic carbocycles. The van der Waals surface area contributed by atoms with Crippen LogP contribution in [0.2, 0.25) is 0 Å². The Bertz CT molecular complexity index is 663. The van der Waals surface area contributed by atoms with Crippen molar-refractivity contribution in [3.63, 3.8) is 0 Å². The Morgan fingerprint density at radius 3 is 2.24 bits per heavy atom. The Kier molecular flexibility index (Phi) is 4.33. The van der Waals surface area contributed by atoms with Gasteiger partial charge in [0.2, 0.25) is 0 Å². The summed E-state index contributed by atoms with van der Waals surface area (Å²) in [6.45, 7) is 9.00. The summed E-state index contributed by atoms with van der Waals surface area (Å²) in [5.41, 5.74) is 9.67. The topological polar surface area (TPSA) is 48.0 Å². The molecular weight excluding hydrogens is 260 g/mol. The summed E-state index contributed by atoms with van der Waals surface area (Å²) < 4.78 is 1.72. The maximum Gasteiger partial charge on any atom is 0.250 e. The molecule has 1 aromatic heterocycles. The lowest BCUT2D eigenvalue weighted by molar-refractivity contribution is 0.548. The van der Waals surface area contributed by atoms with Crippen molar-refractivity contribution in [2.45, 2.75) is 45.7 Å². The van der Waals surface area contributed by atoms with E-state index in [1.807, 2.05) is 13.0 Å². The summed E-state index contributed by atoms with van der Waals surface area (Å²) in [7, 11) is 0. The minimum absolute atomic E-state index is 0.00300. The monoisotopic (exact) mass is 284 g/mol. The second kappa shape index (κ2) is 5.86. The molecule has 112 valence electrons. The van der Waals surface area contributed by atoms with Crippen molar-refractivity contribution < 1.29 is 0 Å². The van der Waals surface area contributed by atoms with Gasteiger partial charge in [-0.15, -0.1) is 0 Å². The van der Waals surface area contributed by atoms with E-state index in [2.05, 4.69) is 45.0 Å². The van der Waals surface area contributed by atoms with Crippen LogP contribution in [-0.2, 0) is 12.0 Å². The van der Waals surface area contributed by atoms with Gasteiger partial charge in [0.1, 0.15) is 0 Å². The average molecular weight is 284 g/mol. The van der Waals surface area contributed by atoms with Crippen LogP contribution in [0, 0.1) is 6.92 Å². The van der Waals surface area contributed by atoms with Crippen LogP contribution in [0.5, 0.6) is 0 Å². The molecule has 0 bridgehead atoms. The van der Waals surface area contributed by atoms with Crippen molar-refractivity contribution in [3.8, 4) is 0 Å². The van der Waals surface area contributed by atoms with E-state index in [-0.39, 0.29) is 17.0 Å². The molecule has 0 aliphatic rings. The van der Waals surface area contributed by atoms with Crippen LogP contribution in [-0.4, -0.2) is 4.57 Å². The van der Waals surface area contributed by atoms with Gasteiger partial charge in [-0.1, -0.05) is 51.1 Å². The summed E-state index contributed by atoms with van der Waals surface area (Å²) in [5.74, 6) is 0. The fourth-order valence-electron chi connectivity index (χ4n) is 2.39. The molecule has 0 radical (unpaired) electrons. The number of rotatable bonds is 3. The van der Waals surface area contributed by atoms with Gasteiger partial charge in [0.25, 0.3) is 5.56 Å². The van der Waals surface area contributed by atoms with E-state index >= 15 is 0 Å². The van der Waals surface area contributed by atoms with Gasteiger partial charge in [-0.25, -0.2) is 0 Å². The highest BCUT2D eigenvalue weighted by Crippen LogP contribution is 2.23. The van der Waals surface area contributed by atoms with Crippen LogP contribution in [0.4, 0.5) is 0 Å². The quantitative estimate of drug-likeness (QED) is 0.941. The maximum atomic E-state index is 11.9. The molecule has 21 heavy (non-hydrogen) atoms. The molecular formula is C18H24N2O.